The molecule has 0 amide bonds. The Hall–Kier alpha value is -2.57. The third-order valence-corrected chi connectivity index (χ3v) is 2.88. The fourth-order valence-electron chi connectivity index (χ4n) is 1.94. The van der Waals surface area contributed by atoms with E-state index >= 15 is 0 Å². The standard InChI is InChI=1S/C13H11F2N5.C2H6/c1-7-17-12(11-13(18-7)20(2)6-16-11)19-10-8(14)4-3-5-9(10)15;1-2/h3-6H,1-2H3,(H,17,18,19);1-2H3. The molecule has 0 saturated heterocycles. The van der Waals surface area contributed by atoms with Crippen molar-refractivity contribution in [1.82, 2.24) is 19.5 Å². The Labute approximate surface area is 127 Å². The van der Waals surface area contributed by atoms with Crippen LogP contribution in [0.2, 0.25) is 0 Å². The Bertz CT molecular complexity index is 778. The fourth-order valence-corrected chi connectivity index (χ4v) is 1.94. The maximum absolute atomic E-state index is 13.7. The van der Waals surface area contributed by atoms with Crippen LogP contribution in [0.3, 0.4) is 0 Å². The molecule has 2 aromatic heterocycles. The predicted octanol–water partition coefficient (Wildman–Crippen LogP) is 3.72. The summed E-state index contributed by atoms with van der Waals surface area (Å²) in [6, 6.07) is 3.65. The summed E-state index contributed by atoms with van der Waals surface area (Å²) in [7, 11) is 1.79. The van der Waals surface area contributed by atoms with Gasteiger partial charge in [0.05, 0.1) is 6.33 Å². The maximum Gasteiger partial charge on any atom is 0.165 e. The average molecular weight is 305 g/mol. The van der Waals surface area contributed by atoms with Crippen molar-refractivity contribution in [1.29, 1.82) is 0 Å². The number of nitrogens with one attached hydrogen (secondary N) is 1. The van der Waals surface area contributed by atoms with E-state index in [1.165, 1.54) is 18.2 Å². The molecule has 0 radical (unpaired) electrons. The average Bonchev–Trinajstić information content (AvgIpc) is 2.87. The second-order valence-corrected chi connectivity index (χ2v) is 4.37. The molecular formula is C15H17F2N5. The number of anilines is 2. The zero-order valence-electron chi connectivity index (χ0n) is 12.9. The second-order valence-electron chi connectivity index (χ2n) is 4.37. The minimum Gasteiger partial charge on any atom is -0.333 e. The van der Waals surface area contributed by atoms with Gasteiger partial charge < -0.3 is 9.88 Å². The first-order chi connectivity index (χ1) is 10.6. The largest absolute Gasteiger partial charge is 0.333 e. The predicted molar refractivity (Wildman–Crippen MR) is 82.0 cm³/mol. The first-order valence-electron chi connectivity index (χ1n) is 6.93. The summed E-state index contributed by atoms with van der Waals surface area (Å²) in [4.78, 5) is 12.6. The van der Waals surface area contributed by atoms with Gasteiger partial charge in [0.25, 0.3) is 0 Å². The molecule has 7 heteroatoms. The Balaban J connectivity index is 0.000000847. The van der Waals surface area contributed by atoms with Crippen molar-refractivity contribution >= 4 is 22.7 Å². The van der Waals surface area contributed by atoms with Gasteiger partial charge in [0.2, 0.25) is 0 Å². The van der Waals surface area contributed by atoms with E-state index in [1.54, 1.807) is 24.9 Å². The van der Waals surface area contributed by atoms with E-state index in [9.17, 15) is 8.78 Å². The van der Waals surface area contributed by atoms with Gasteiger partial charge in [-0.2, -0.15) is 0 Å². The van der Waals surface area contributed by atoms with E-state index in [1.807, 2.05) is 13.8 Å². The van der Waals surface area contributed by atoms with Crippen molar-refractivity contribution < 1.29 is 8.78 Å². The van der Waals surface area contributed by atoms with Crippen molar-refractivity contribution in [2.24, 2.45) is 7.05 Å². The van der Waals surface area contributed by atoms with Gasteiger partial charge in [-0.25, -0.2) is 23.7 Å². The van der Waals surface area contributed by atoms with E-state index < -0.39 is 11.6 Å². The van der Waals surface area contributed by atoms with Crippen LogP contribution in [0.5, 0.6) is 0 Å². The van der Waals surface area contributed by atoms with Crippen LogP contribution >= 0.6 is 0 Å². The molecular weight excluding hydrogens is 288 g/mol. The quantitative estimate of drug-likeness (QED) is 0.784. The van der Waals surface area contributed by atoms with E-state index in [-0.39, 0.29) is 11.5 Å². The first-order valence-corrected chi connectivity index (χ1v) is 6.93. The van der Waals surface area contributed by atoms with Crippen LogP contribution in [0.1, 0.15) is 19.7 Å². The minimum absolute atomic E-state index is 0.252. The molecule has 0 aliphatic carbocycles. The number of aryl methyl sites for hydroxylation is 2. The van der Waals surface area contributed by atoms with Crippen LogP contribution in [-0.2, 0) is 7.05 Å². The smallest absolute Gasteiger partial charge is 0.165 e. The monoisotopic (exact) mass is 305 g/mol. The van der Waals surface area contributed by atoms with Gasteiger partial charge >= 0.3 is 0 Å². The summed E-state index contributed by atoms with van der Waals surface area (Å²) in [6.45, 7) is 5.70. The summed E-state index contributed by atoms with van der Waals surface area (Å²) in [5, 5.41) is 2.66. The SMILES string of the molecule is CC.Cc1nc(Nc2c(F)cccc2F)c2ncn(C)c2n1. The Morgan fingerprint density at radius 2 is 1.73 bits per heavy atom. The number of benzene rings is 1. The molecule has 3 aromatic rings. The van der Waals surface area contributed by atoms with E-state index in [2.05, 4.69) is 20.3 Å². The van der Waals surface area contributed by atoms with E-state index in [0.717, 1.165) is 0 Å². The van der Waals surface area contributed by atoms with E-state index in [0.29, 0.717) is 17.0 Å². The number of imidazole rings is 1. The Morgan fingerprint density at radius 3 is 2.36 bits per heavy atom. The Morgan fingerprint density at radius 1 is 1.09 bits per heavy atom. The number of hydrogen-bond acceptors (Lipinski definition) is 4. The van der Waals surface area contributed by atoms with Crippen molar-refractivity contribution in [3.63, 3.8) is 0 Å². The zero-order chi connectivity index (χ0) is 16.3. The molecule has 1 aromatic carbocycles. The van der Waals surface area contributed by atoms with Gasteiger partial charge in [-0.3, -0.25) is 0 Å². The van der Waals surface area contributed by atoms with Crippen molar-refractivity contribution in [3.05, 3.63) is 42.0 Å². The van der Waals surface area contributed by atoms with Crippen LogP contribution in [0, 0.1) is 18.6 Å². The van der Waals surface area contributed by atoms with E-state index in [4.69, 9.17) is 0 Å². The van der Waals surface area contributed by atoms with Crippen LogP contribution in [-0.4, -0.2) is 19.5 Å². The zero-order valence-corrected chi connectivity index (χ0v) is 12.9. The molecule has 0 aliphatic heterocycles. The summed E-state index contributed by atoms with van der Waals surface area (Å²) < 4.78 is 29.1. The molecule has 2 heterocycles. The van der Waals surface area contributed by atoms with Crippen molar-refractivity contribution in [3.8, 4) is 0 Å². The molecule has 0 aliphatic rings. The number of aromatic nitrogens is 4. The van der Waals surface area contributed by atoms with Crippen LogP contribution < -0.4 is 5.32 Å². The maximum atomic E-state index is 13.7. The van der Waals surface area contributed by atoms with Gasteiger partial charge in [-0.15, -0.1) is 0 Å². The molecule has 0 unspecified atom stereocenters. The molecule has 0 spiro atoms. The highest BCUT2D eigenvalue weighted by atomic mass is 19.1. The molecule has 3 rings (SSSR count). The summed E-state index contributed by atoms with van der Waals surface area (Å²) in [5.74, 6) is -0.617. The number of nitrogens with zero attached hydrogens (tertiary/aromatic N) is 4. The summed E-state index contributed by atoms with van der Waals surface area (Å²) >= 11 is 0. The van der Waals surface area contributed by atoms with Crippen LogP contribution in [0.25, 0.3) is 11.2 Å². The lowest BCUT2D eigenvalue weighted by Gasteiger charge is -2.09. The molecule has 1 N–H and O–H groups in total. The molecule has 116 valence electrons. The molecule has 22 heavy (non-hydrogen) atoms. The van der Waals surface area contributed by atoms with Gasteiger partial charge in [0.15, 0.2) is 17.0 Å². The topological polar surface area (TPSA) is 55.6 Å². The normalized spacial score (nSPS) is 10.3. The molecule has 0 fully saturated rings. The number of halogens is 2. The molecule has 5 nitrogen and oxygen atoms in total. The molecule has 0 atom stereocenters. The number of para-hydroxylation sites is 1. The number of fused-ring (bicyclic) bond motifs is 1. The number of rotatable bonds is 2. The second kappa shape index (κ2) is 6.46. The lowest BCUT2D eigenvalue weighted by Crippen LogP contribution is -2.03. The Kier molecular flexibility index (Phi) is 4.65. The van der Waals surface area contributed by atoms with Crippen molar-refractivity contribution in [2.75, 3.05) is 5.32 Å². The highest BCUT2D eigenvalue weighted by Gasteiger charge is 2.14. The van der Waals surface area contributed by atoms with Gasteiger partial charge in [-0.05, 0) is 19.1 Å². The van der Waals surface area contributed by atoms with Gasteiger partial charge in [0.1, 0.15) is 23.1 Å². The lowest BCUT2D eigenvalue weighted by atomic mass is 10.3. The fraction of sp³-hybridized carbons (Fsp3) is 0.267. The highest BCUT2D eigenvalue weighted by molar-refractivity contribution is 5.85. The van der Waals surface area contributed by atoms with Crippen LogP contribution in [0.4, 0.5) is 20.3 Å². The van der Waals surface area contributed by atoms with Gasteiger partial charge in [0, 0.05) is 7.05 Å². The molecule has 0 bridgehead atoms. The lowest BCUT2D eigenvalue weighted by molar-refractivity contribution is 0.590. The third kappa shape index (κ3) is 2.88. The molecule has 0 saturated carbocycles. The first kappa shape index (κ1) is 15.8. The van der Waals surface area contributed by atoms with Gasteiger partial charge in [-0.1, -0.05) is 19.9 Å². The minimum atomic E-state index is -0.689. The third-order valence-electron chi connectivity index (χ3n) is 2.88. The van der Waals surface area contributed by atoms with Crippen molar-refractivity contribution in [2.45, 2.75) is 20.8 Å². The van der Waals surface area contributed by atoms with Crippen LogP contribution in [0.15, 0.2) is 24.5 Å². The summed E-state index contributed by atoms with van der Waals surface area (Å²) in [6.07, 6.45) is 1.57. The number of hydrogen-bond donors (Lipinski definition) is 1. The summed E-state index contributed by atoms with van der Waals surface area (Å²) in [5.41, 5.74) is 0.801. The highest BCUT2D eigenvalue weighted by Crippen LogP contribution is 2.26.